The fraction of sp³-hybridized carbons (Fsp3) is 0.250. The lowest BCUT2D eigenvalue weighted by molar-refractivity contribution is 0.170. The summed E-state index contributed by atoms with van der Waals surface area (Å²) in [5.41, 5.74) is 2.23. The Morgan fingerprint density at radius 3 is 2.65 bits per heavy atom. The van der Waals surface area contributed by atoms with Gasteiger partial charge < -0.3 is 14.8 Å². The number of ether oxygens (including phenoxy) is 2. The molecule has 0 amide bonds. The van der Waals surface area contributed by atoms with Gasteiger partial charge in [-0.2, -0.15) is 0 Å². The fourth-order valence-corrected chi connectivity index (χ4v) is 2.59. The lowest BCUT2D eigenvalue weighted by Gasteiger charge is -2.21. The standard InChI is InChI=1S/C16H17NO2S/c1-20-14-7-5-13(6-8-14)17-11-12-3-2-4-15-16(12)19-10-9-18-15/h2-8,17H,9-11H2,1H3. The van der Waals surface area contributed by atoms with E-state index in [1.54, 1.807) is 11.8 Å². The number of fused-ring (bicyclic) bond motifs is 1. The molecule has 104 valence electrons. The predicted octanol–water partition coefficient (Wildman–Crippen LogP) is 3.79. The van der Waals surface area contributed by atoms with Gasteiger partial charge in [0.2, 0.25) is 0 Å². The second kappa shape index (κ2) is 6.09. The Balaban J connectivity index is 1.71. The van der Waals surface area contributed by atoms with Crippen molar-refractivity contribution in [3.8, 4) is 11.5 Å². The SMILES string of the molecule is CSc1ccc(NCc2cccc3c2OCCO3)cc1. The van der Waals surface area contributed by atoms with Crippen molar-refractivity contribution in [1.82, 2.24) is 0 Å². The maximum atomic E-state index is 5.71. The van der Waals surface area contributed by atoms with Crippen molar-refractivity contribution in [2.75, 3.05) is 24.8 Å². The van der Waals surface area contributed by atoms with Gasteiger partial charge in [0, 0.05) is 22.7 Å². The molecule has 3 rings (SSSR count). The molecule has 0 unspecified atom stereocenters. The smallest absolute Gasteiger partial charge is 0.166 e. The third kappa shape index (κ3) is 2.85. The van der Waals surface area contributed by atoms with Crippen molar-refractivity contribution in [2.24, 2.45) is 0 Å². The van der Waals surface area contributed by atoms with Crippen LogP contribution in [0.5, 0.6) is 11.5 Å². The highest BCUT2D eigenvalue weighted by Gasteiger charge is 2.14. The van der Waals surface area contributed by atoms with E-state index in [2.05, 4.69) is 41.9 Å². The zero-order valence-electron chi connectivity index (χ0n) is 11.4. The van der Waals surface area contributed by atoms with E-state index >= 15 is 0 Å². The summed E-state index contributed by atoms with van der Waals surface area (Å²) in [5.74, 6) is 1.71. The molecule has 3 nitrogen and oxygen atoms in total. The predicted molar refractivity (Wildman–Crippen MR) is 83.0 cm³/mol. The number of thioether (sulfide) groups is 1. The molecular weight excluding hydrogens is 270 g/mol. The molecule has 0 spiro atoms. The molecular formula is C16H17NO2S. The summed E-state index contributed by atoms with van der Waals surface area (Å²) in [5, 5.41) is 3.42. The van der Waals surface area contributed by atoms with Crippen LogP contribution in [-0.2, 0) is 6.54 Å². The Labute approximate surface area is 123 Å². The summed E-state index contributed by atoms with van der Waals surface area (Å²) >= 11 is 1.75. The fourth-order valence-electron chi connectivity index (χ4n) is 2.18. The van der Waals surface area contributed by atoms with Crippen molar-refractivity contribution >= 4 is 17.4 Å². The third-order valence-electron chi connectivity index (χ3n) is 3.22. The Morgan fingerprint density at radius 1 is 1.05 bits per heavy atom. The van der Waals surface area contributed by atoms with E-state index in [0.717, 1.165) is 29.3 Å². The van der Waals surface area contributed by atoms with Crippen molar-refractivity contribution in [3.63, 3.8) is 0 Å². The number of benzene rings is 2. The van der Waals surface area contributed by atoms with Crippen LogP contribution in [0.15, 0.2) is 47.4 Å². The molecule has 0 aromatic heterocycles. The highest BCUT2D eigenvalue weighted by Crippen LogP contribution is 2.34. The number of para-hydroxylation sites is 1. The molecule has 4 heteroatoms. The molecule has 0 aliphatic carbocycles. The molecule has 0 fully saturated rings. The van der Waals surface area contributed by atoms with Crippen LogP contribution >= 0.6 is 11.8 Å². The number of anilines is 1. The van der Waals surface area contributed by atoms with Crippen LogP contribution < -0.4 is 14.8 Å². The quantitative estimate of drug-likeness (QED) is 0.867. The van der Waals surface area contributed by atoms with E-state index in [-0.39, 0.29) is 0 Å². The average Bonchev–Trinajstić information content (AvgIpc) is 2.53. The molecule has 1 aliphatic rings. The first-order valence-corrected chi connectivity index (χ1v) is 7.85. The number of rotatable bonds is 4. The van der Waals surface area contributed by atoms with Gasteiger partial charge in [-0.3, -0.25) is 0 Å². The van der Waals surface area contributed by atoms with Crippen molar-refractivity contribution < 1.29 is 9.47 Å². The normalized spacial score (nSPS) is 13.1. The number of nitrogens with one attached hydrogen (secondary N) is 1. The van der Waals surface area contributed by atoms with Gasteiger partial charge in [-0.1, -0.05) is 12.1 Å². The Hall–Kier alpha value is -1.81. The summed E-state index contributed by atoms with van der Waals surface area (Å²) < 4.78 is 11.3. The summed E-state index contributed by atoms with van der Waals surface area (Å²) in [4.78, 5) is 1.27. The molecule has 20 heavy (non-hydrogen) atoms. The minimum Gasteiger partial charge on any atom is -0.486 e. The van der Waals surface area contributed by atoms with Crippen LogP contribution in [0.25, 0.3) is 0 Å². The topological polar surface area (TPSA) is 30.5 Å². The van der Waals surface area contributed by atoms with E-state index in [0.29, 0.717) is 13.2 Å². The maximum Gasteiger partial charge on any atom is 0.166 e. The summed E-state index contributed by atoms with van der Waals surface area (Å²) in [7, 11) is 0. The van der Waals surface area contributed by atoms with Crippen molar-refractivity contribution in [2.45, 2.75) is 11.4 Å². The monoisotopic (exact) mass is 287 g/mol. The minimum absolute atomic E-state index is 0.617. The molecule has 0 saturated heterocycles. The molecule has 0 bridgehead atoms. The van der Waals surface area contributed by atoms with Crippen LogP contribution in [0.2, 0.25) is 0 Å². The molecule has 0 atom stereocenters. The second-order valence-corrected chi connectivity index (χ2v) is 5.40. The van der Waals surface area contributed by atoms with Crippen LogP contribution in [-0.4, -0.2) is 19.5 Å². The van der Waals surface area contributed by atoms with Gasteiger partial charge in [-0.15, -0.1) is 11.8 Å². The second-order valence-electron chi connectivity index (χ2n) is 4.52. The first kappa shape index (κ1) is 13.2. The molecule has 2 aromatic carbocycles. The Kier molecular flexibility index (Phi) is 4.02. The molecule has 1 heterocycles. The zero-order valence-corrected chi connectivity index (χ0v) is 12.2. The Morgan fingerprint density at radius 2 is 1.85 bits per heavy atom. The van der Waals surface area contributed by atoms with E-state index in [9.17, 15) is 0 Å². The van der Waals surface area contributed by atoms with Gasteiger partial charge in [0.05, 0.1) is 0 Å². The van der Waals surface area contributed by atoms with E-state index in [1.165, 1.54) is 4.90 Å². The molecule has 2 aromatic rings. The summed E-state index contributed by atoms with van der Waals surface area (Å²) in [6.07, 6.45) is 2.08. The third-order valence-corrected chi connectivity index (χ3v) is 3.96. The minimum atomic E-state index is 0.617. The van der Waals surface area contributed by atoms with Crippen molar-refractivity contribution in [3.05, 3.63) is 48.0 Å². The first-order chi connectivity index (χ1) is 9.86. The van der Waals surface area contributed by atoms with Crippen LogP contribution in [0, 0.1) is 0 Å². The van der Waals surface area contributed by atoms with Gasteiger partial charge in [0.25, 0.3) is 0 Å². The molecule has 1 N–H and O–H groups in total. The van der Waals surface area contributed by atoms with Gasteiger partial charge in [-0.25, -0.2) is 0 Å². The summed E-state index contributed by atoms with van der Waals surface area (Å²) in [6.45, 7) is 1.97. The van der Waals surface area contributed by atoms with Crippen LogP contribution in [0.4, 0.5) is 5.69 Å². The average molecular weight is 287 g/mol. The van der Waals surface area contributed by atoms with Gasteiger partial charge in [-0.05, 0) is 36.6 Å². The molecule has 0 saturated carbocycles. The van der Waals surface area contributed by atoms with E-state index in [1.807, 2.05) is 12.1 Å². The van der Waals surface area contributed by atoms with E-state index < -0.39 is 0 Å². The lowest BCUT2D eigenvalue weighted by Crippen LogP contribution is -2.17. The Bertz CT molecular complexity index is 584. The molecule has 0 radical (unpaired) electrons. The number of hydrogen-bond acceptors (Lipinski definition) is 4. The highest BCUT2D eigenvalue weighted by atomic mass is 32.2. The zero-order chi connectivity index (χ0) is 13.8. The van der Waals surface area contributed by atoms with Gasteiger partial charge in [0.15, 0.2) is 11.5 Å². The molecule has 1 aliphatic heterocycles. The first-order valence-electron chi connectivity index (χ1n) is 6.62. The lowest BCUT2D eigenvalue weighted by atomic mass is 10.1. The summed E-state index contributed by atoms with van der Waals surface area (Å²) in [6, 6.07) is 14.4. The van der Waals surface area contributed by atoms with Gasteiger partial charge >= 0.3 is 0 Å². The van der Waals surface area contributed by atoms with E-state index in [4.69, 9.17) is 9.47 Å². The van der Waals surface area contributed by atoms with Gasteiger partial charge in [0.1, 0.15) is 13.2 Å². The number of hydrogen-bond donors (Lipinski definition) is 1. The van der Waals surface area contributed by atoms with Crippen LogP contribution in [0.3, 0.4) is 0 Å². The highest BCUT2D eigenvalue weighted by molar-refractivity contribution is 7.98. The maximum absolute atomic E-state index is 5.71. The largest absolute Gasteiger partial charge is 0.486 e. The van der Waals surface area contributed by atoms with Crippen molar-refractivity contribution in [1.29, 1.82) is 0 Å². The van der Waals surface area contributed by atoms with Crippen LogP contribution in [0.1, 0.15) is 5.56 Å².